The molecule has 194 valence electrons. The molecule has 0 spiro atoms. The van der Waals surface area contributed by atoms with Crippen LogP contribution in [-0.4, -0.2) is 53.1 Å². The van der Waals surface area contributed by atoms with Crippen molar-refractivity contribution < 1.29 is 38.0 Å². The number of benzene rings is 3. The van der Waals surface area contributed by atoms with Gasteiger partial charge in [-0.25, -0.2) is 10.2 Å². The van der Waals surface area contributed by atoms with Crippen LogP contribution in [0.1, 0.15) is 21.5 Å². The summed E-state index contributed by atoms with van der Waals surface area (Å²) in [6.07, 6.45) is 1.43. The van der Waals surface area contributed by atoms with Crippen LogP contribution in [0, 0.1) is 6.92 Å². The van der Waals surface area contributed by atoms with E-state index in [1.807, 2.05) is 25.1 Å². The van der Waals surface area contributed by atoms with Gasteiger partial charge in [-0.05, 0) is 60.5 Å². The molecule has 3 aromatic rings. The average molecular weight is 509 g/mol. The number of esters is 1. The first-order valence-electron chi connectivity index (χ1n) is 11.1. The Balaban J connectivity index is 1.64. The molecular weight excluding hydrogens is 480 g/mol. The number of hydrogen-bond donors (Lipinski definition) is 1. The first-order chi connectivity index (χ1) is 17.9. The fraction of sp³-hybridized carbons (Fsp3) is 0.222. The predicted octanol–water partition coefficient (Wildman–Crippen LogP) is 3.78. The van der Waals surface area contributed by atoms with E-state index in [2.05, 4.69) is 10.5 Å². The lowest BCUT2D eigenvalue weighted by molar-refractivity contribution is -0.123. The number of nitrogens with zero attached hydrogens (tertiary/aromatic N) is 1. The molecule has 1 amide bonds. The van der Waals surface area contributed by atoms with E-state index in [-0.39, 0.29) is 17.9 Å². The fourth-order valence-electron chi connectivity index (χ4n) is 3.27. The Labute approximate surface area is 214 Å². The second kappa shape index (κ2) is 12.8. The Hall–Kier alpha value is -4.73. The van der Waals surface area contributed by atoms with Crippen molar-refractivity contribution in [1.29, 1.82) is 0 Å². The van der Waals surface area contributed by atoms with Gasteiger partial charge in [-0.15, -0.1) is 0 Å². The Morgan fingerprint density at radius 3 is 2.16 bits per heavy atom. The summed E-state index contributed by atoms with van der Waals surface area (Å²) in [6, 6.07) is 15.2. The van der Waals surface area contributed by atoms with Crippen molar-refractivity contribution in [3.63, 3.8) is 0 Å². The molecule has 10 nitrogen and oxygen atoms in total. The lowest BCUT2D eigenvalue weighted by atomic mass is 10.1. The molecule has 0 aliphatic rings. The van der Waals surface area contributed by atoms with Gasteiger partial charge in [-0.1, -0.05) is 12.1 Å². The molecule has 0 unspecified atom stereocenters. The zero-order valence-electron chi connectivity index (χ0n) is 21.2. The number of nitrogens with one attached hydrogen (secondary N) is 1. The molecule has 0 bridgehead atoms. The normalized spacial score (nSPS) is 10.5. The number of rotatable bonds is 11. The highest BCUT2D eigenvalue weighted by atomic mass is 16.6. The molecule has 0 atom stereocenters. The smallest absolute Gasteiger partial charge is 0.343 e. The average Bonchev–Trinajstić information content (AvgIpc) is 2.91. The molecule has 0 saturated carbocycles. The predicted molar refractivity (Wildman–Crippen MR) is 136 cm³/mol. The van der Waals surface area contributed by atoms with Crippen molar-refractivity contribution in [3.05, 3.63) is 71.3 Å². The second-order valence-electron chi connectivity index (χ2n) is 7.61. The van der Waals surface area contributed by atoms with Crippen molar-refractivity contribution in [3.8, 4) is 34.5 Å². The molecular formula is C27H28N2O8. The minimum absolute atomic E-state index is 0.181. The third-order valence-electron chi connectivity index (χ3n) is 5.05. The largest absolute Gasteiger partial charge is 0.493 e. The van der Waals surface area contributed by atoms with Gasteiger partial charge in [0.15, 0.2) is 29.6 Å². The molecule has 0 fully saturated rings. The van der Waals surface area contributed by atoms with Gasteiger partial charge in [0.25, 0.3) is 5.91 Å². The Bertz CT molecular complexity index is 1260. The third kappa shape index (κ3) is 7.14. The van der Waals surface area contributed by atoms with Gasteiger partial charge in [0.1, 0.15) is 5.75 Å². The van der Waals surface area contributed by atoms with E-state index in [9.17, 15) is 9.59 Å². The molecule has 0 aromatic heterocycles. The molecule has 37 heavy (non-hydrogen) atoms. The maximum absolute atomic E-state index is 12.8. The molecule has 0 aliphatic carbocycles. The molecule has 1 N–H and O–H groups in total. The van der Waals surface area contributed by atoms with Crippen LogP contribution < -0.4 is 33.8 Å². The first kappa shape index (κ1) is 26.9. The Morgan fingerprint density at radius 1 is 0.838 bits per heavy atom. The van der Waals surface area contributed by atoms with Crippen LogP contribution in [0.25, 0.3) is 0 Å². The summed E-state index contributed by atoms with van der Waals surface area (Å²) < 4.78 is 32.2. The Kier molecular flexibility index (Phi) is 9.31. The van der Waals surface area contributed by atoms with Gasteiger partial charge in [-0.2, -0.15) is 5.10 Å². The van der Waals surface area contributed by atoms with Gasteiger partial charge >= 0.3 is 5.97 Å². The van der Waals surface area contributed by atoms with Gasteiger partial charge in [0.2, 0.25) is 5.75 Å². The van der Waals surface area contributed by atoms with Gasteiger partial charge in [0.05, 0.1) is 40.2 Å². The van der Waals surface area contributed by atoms with Crippen LogP contribution in [0.2, 0.25) is 0 Å². The number of amides is 1. The van der Waals surface area contributed by atoms with E-state index in [1.54, 1.807) is 24.3 Å². The molecule has 0 radical (unpaired) electrons. The molecule has 0 aliphatic heterocycles. The lowest BCUT2D eigenvalue weighted by Crippen LogP contribution is -2.24. The minimum Gasteiger partial charge on any atom is -0.493 e. The number of carbonyl (C=O) groups excluding carboxylic acids is 2. The van der Waals surface area contributed by atoms with Crippen molar-refractivity contribution >= 4 is 18.1 Å². The quantitative estimate of drug-likeness (QED) is 0.180. The van der Waals surface area contributed by atoms with Gasteiger partial charge in [-0.3, -0.25) is 4.79 Å². The van der Waals surface area contributed by atoms with Gasteiger partial charge in [0, 0.05) is 0 Å². The van der Waals surface area contributed by atoms with Crippen molar-refractivity contribution in [1.82, 2.24) is 5.43 Å². The van der Waals surface area contributed by atoms with Crippen LogP contribution in [0.4, 0.5) is 0 Å². The number of hydrazone groups is 1. The van der Waals surface area contributed by atoms with Crippen LogP contribution in [0.3, 0.4) is 0 Å². The summed E-state index contributed by atoms with van der Waals surface area (Å²) in [4.78, 5) is 24.8. The number of methoxy groups -OCH3 is 4. The number of ether oxygens (including phenoxy) is 6. The summed E-state index contributed by atoms with van der Waals surface area (Å²) in [5.41, 5.74) is 4.22. The third-order valence-corrected chi connectivity index (χ3v) is 5.05. The zero-order chi connectivity index (χ0) is 26.8. The van der Waals surface area contributed by atoms with E-state index in [1.165, 1.54) is 46.8 Å². The molecule has 3 aromatic carbocycles. The summed E-state index contributed by atoms with van der Waals surface area (Å²) >= 11 is 0. The summed E-state index contributed by atoms with van der Waals surface area (Å²) in [7, 11) is 5.82. The first-order valence-corrected chi connectivity index (χ1v) is 11.1. The molecule has 0 saturated heterocycles. The Morgan fingerprint density at radius 2 is 1.54 bits per heavy atom. The monoisotopic (exact) mass is 508 g/mol. The van der Waals surface area contributed by atoms with E-state index in [0.717, 1.165) is 5.56 Å². The SMILES string of the molecule is COc1cc(/C=N/NC(=O)COc2cccc(C)c2)ccc1OC(=O)c1cc(OC)c(OC)c(OC)c1. The van der Waals surface area contributed by atoms with Crippen LogP contribution in [-0.2, 0) is 4.79 Å². The number of aryl methyl sites for hydroxylation is 1. The maximum atomic E-state index is 12.8. The second-order valence-corrected chi connectivity index (χ2v) is 7.61. The highest BCUT2D eigenvalue weighted by molar-refractivity contribution is 5.93. The molecule has 3 rings (SSSR count). The van der Waals surface area contributed by atoms with Gasteiger partial charge < -0.3 is 28.4 Å². The van der Waals surface area contributed by atoms with Crippen molar-refractivity contribution in [2.75, 3.05) is 35.0 Å². The van der Waals surface area contributed by atoms with E-state index < -0.39 is 11.9 Å². The maximum Gasteiger partial charge on any atom is 0.343 e. The highest BCUT2D eigenvalue weighted by Gasteiger charge is 2.19. The number of carbonyl (C=O) groups is 2. The summed E-state index contributed by atoms with van der Waals surface area (Å²) in [5.74, 6) is 1.00. The van der Waals surface area contributed by atoms with Crippen molar-refractivity contribution in [2.24, 2.45) is 5.10 Å². The highest BCUT2D eigenvalue weighted by Crippen LogP contribution is 2.38. The van der Waals surface area contributed by atoms with Crippen LogP contribution >= 0.6 is 0 Å². The van der Waals surface area contributed by atoms with E-state index in [4.69, 9.17) is 28.4 Å². The topological polar surface area (TPSA) is 114 Å². The standard InChI is InChI=1S/C27H28N2O8/c1-17-7-6-8-20(11-17)36-16-25(30)29-28-15-18-9-10-21(22(12-18)32-2)37-27(31)19-13-23(33-3)26(35-5)24(14-19)34-4/h6-15H,16H2,1-5H3,(H,29,30)/b28-15+. The van der Waals surface area contributed by atoms with Crippen LogP contribution in [0.15, 0.2) is 59.7 Å². The fourth-order valence-corrected chi connectivity index (χ4v) is 3.27. The van der Waals surface area contributed by atoms with E-state index >= 15 is 0 Å². The van der Waals surface area contributed by atoms with E-state index in [0.29, 0.717) is 34.3 Å². The molecule has 10 heteroatoms. The zero-order valence-corrected chi connectivity index (χ0v) is 21.2. The number of hydrogen-bond acceptors (Lipinski definition) is 9. The molecule has 0 heterocycles. The minimum atomic E-state index is -0.653. The van der Waals surface area contributed by atoms with Crippen LogP contribution in [0.5, 0.6) is 34.5 Å². The summed E-state index contributed by atoms with van der Waals surface area (Å²) in [6.45, 7) is 1.75. The van der Waals surface area contributed by atoms with Crippen molar-refractivity contribution in [2.45, 2.75) is 6.92 Å². The lowest BCUT2D eigenvalue weighted by Gasteiger charge is -2.14. The summed E-state index contributed by atoms with van der Waals surface area (Å²) in [5, 5.41) is 3.93.